The number of nitro groups is 1. The summed E-state index contributed by atoms with van der Waals surface area (Å²) in [6, 6.07) is 2.96. The van der Waals surface area contributed by atoms with Gasteiger partial charge in [0, 0.05) is 38.3 Å². The lowest BCUT2D eigenvalue weighted by atomic mass is 10.0. The minimum absolute atomic E-state index is 0. The molecule has 2 rings (SSSR count). The van der Waals surface area contributed by atoms with E-state index < -0.39 is 17.1 Å². The highest BCUT2D eigenvalue weighted by Crippen LogP contribution is 2.38. The average Bonchev–Trinajstić information content (AvgIpc) is 2.39. The largest absolute Gasteiger partial charge is 0.408 e. The summed E-state index contributed by atoms with van der Waals surface area (Å²) in [6.45, 7) is 1.46. The van der Waals surface area contributed by atoms with E-state index in [9.17, 15) is 23.3 Å². The van der Waals surface area contributed by atoms with Crippen LogP contribution in [-0.4, -0.2) is 42.2 Å². The van der Waals surface area contributed by atoms with Gasteiger partial charge in [0.25, 0.3) is 5.69 Å². The predicted molar refractivity (Wildman–Crippen MR) is 80.8 cm³/mol. The van der Waals surface area contributed by atoms with Crippen molar-refractivity contribution in [2.75, 3.05) is 26.2 Å². The zero-order valence-electron chi connectivity index (χ0n) is 11.4. The summed E-state index contributed by atoms with van der Waals surface area (Å²) in [7, 11) is 0. The number of non-ortho nitro benzene ring substituents is 1. The maximum atomic E-state index is 13.3. The number of rotatable bonds is 3. The van der Waals surface area contributed by atoms with Crippen LogP contribution in [0.3, 0.4) is 0 Å². The number of hydrogen-bond donors (Lipinski definition) is 1. The molecule has 0 bridgehead atoms. The van der Waals surface area contributed by atoms with Gasteiger partial charge in [-0.2, -0.15) is 13.2 Å². The molecule has 10 heteroatoms. The second kappa shape index (κ2) is 8.52. The number of alkyl halides is 3. The Kier molecular flexibility index (Phi) is 8.10. The SMILES string of the molecule is Cl.Cl.O=[N+]([O-])c1cccc([C@H](N2CCNCC2)C(F)(F)F)c1. The molecule has 1 aliphatic rings. The van der Waals surface area contributed by atoms with Gasteiger partial charge in [-0.1, -0.05) is 12.1 Å². The molecule has 22 heavy (non-hydrogen) atoms. The zero-order valence-corrected chi connectivity index (χ0v) is 13.0. The monoisotopic (exact) mass is 361 g/mol. The second-order valence-electron chi connectivity index (χ2n) is 4.58. The lowest BCUT2D eigenvalue weighted by Gasteiger charge is -2.36. The summed E-state index contributed by atoms with van der Waals surface area (Å²) in [5.74, 6) is 0. The van der Waals surface area contributed by atoms with Crippen LogP contribution in [0.25, 0.3) is 0 Å². The van der Waals surface area contributed by atoms with Crippen LogP contribution in [0.4, 0.5) is 18.9 Å². The molecule has 5 nitrogen and oxygen atoms in total. The van der Waals surface area contributed by atoms with Crippen LogP contribution in [0.15, 0.2) is 24.3 Å². The lowest BCUT2D eigenvalue weighted by Crippen LogP contribution is -2.49. The molecule has 0 unspecified atom stereocenters. The smallest absolute Gasteiger partial charge is 0.314 e. The summed E-state index contributed by atoms with van der Waals surface area (Å²) in [5, 5.41) is 13.7. The Morgan fingerprint density at radius 3 is 2.32 bits per heavy atom. The van der Waals surface area contributed by atoms with Gasteiger partial charge in [-0.05, 0) is 5.56 Å². The molecule has 0 saturated carbocycles. The highest BCUT2D eigenvalue weighted by molar-refractivity contribution is 5.85. The number of nitrogens with one attached hydrogen (secondary N) is 1. The number of benzene rings is 1. The van der Waals surface area contributed by atoms with Gasteiger partial charge >= 0.3 is 6.18 Å². The molecular weight excluding hydrogens is 346 g/mol. The lowest BCUT2D eigenvalue weighted by molar-refractivity contribution is -0.385. The summed E-state index contributed by atoms with van der Waals surface area (Å²) >= 11 is 0. The Labute approximate surface area is 137 Å². The Hall–Kier alpha value is -1.09. The number of halogens is 5. The fourth-order valence-electron chi connectivity index (χ4n) is 2.36. The van der Waals surface area contributed by atoms with Crippen LogP contribution in [0.5, 0.6) is 0 Å². The van der Waals surface area contributed by atoms with E-state index in [1.54, 1.807) is 0 Å². The molecular formula is C12H16Cl2F3N3O2. The van der Waals surface area contributed by atoms with Crippen molar-refractivity contribution in [2.45, 2.75) is 12.2 Å². The first-order chi connectivity index (χ1) is 9.39. The van der Waals surface area contributed by atoms with Crippen molar-refractivity contribution >= 4 is 30.5 Å². The number of nitrogens with zero attached hydrogens (tertiary/aromatic N) is 2. The van der Waals surface area contributed by atoms with Crippen molar-refractivity contribution in [2.24, 2.45) is 0 Å². The molecule has 1 aromatic carbocycles. The maximum Gasteiger partial charge on any atom is 0.408 e. The molecule has 1 saturated heterocycles. The van der Waals surface area contributed by atoms with E-state index in [0.29, 0.717) is 13.1 Å². The van der Waals surface area contributed by atoms with Gasteiger partial charge in [0.15, 0.2) is 0 Å². The fourth-order valence-corrected chi connectivity index (χ4v) is 2.36. The molecule has 0 radical (unpaired) electrons. The van der Waals surface area contributed by atoms with Gasteiger partial charge in [0.2, 0.25) is 0 Å². The Balaban J connectivity index is 0.00000220. The van der Waals surface area contributed by atoms with Gasteiger partial charge in [0.1, 0.15) is 6.04 Å². The van der Waals surface area contributed by atoms with Gasteiger partial charge < -0.3 is 5.32 Å². The first kappa shape index (κ1) is 20.9. The summed E-state index contributed by atoms with van der Waals surface area (Å²) < 4.78 is 39.9. The molecule has 1 heterocycles. The van der Waals surface area contributed by atoms with Crippen molar-refractivity contribution in [3.05, 3.63) is 39.9 Å². The summed E-state index contributed by atoms with van der Waals surface area (Å²) in [6.07, 6.45) is -4.47. The van der Waals surface area contributed by atoms with Crippen LogP contribution >= 0.6 is 24.8 Å². The predicted octanol–water partition coefficient (Wildman–Crippen LogP) is 2.95. The third kappa shape index (κ3) is 4.98. The molecule has 1 aromatic rings. The van der Waals surface area contributed by atoms with Crippen LogP contribution in [0.1, 0.15) is 11.6 Å². The minimum atomic E-state index is -4.47. The molecule has 1 atom stereocenters. The third-order valence-corrected chi connectivity index (χ3v) is 3.22. The van der Waals surface area contributed by atoms with Crippen LogP contribution in [0.2, 0.25) is 0 Å². The molecule has 0 aliphatic carbocycles. The van der Waals surface area contributed by atoms with E-state index in [-0.39, 0.29) is 49.2 Å². The van der Waals surface area contributed by atoms with E-state index in [0.717, 1.165) is 6.07 Å². The van der Waals surface area contributed by atoms with Gasteiger partial charge in [-0.25, -0.2) is 0 Å². The topological polar surface area (TPSA) is 58.4 Å². The Morgan fingerprint density at radius 1 is 1.23 bits per heavy atom. The van der Waals surface area contributed by atoms with Crippen LogP contribution in [-0.2, 0) is 0 Å². The van der Waals surface area contributed by atoms with E-state index in [2.05, 4.69) is 5.32 Å². The van der Waals surface area contributed by atoms with Crippen LogP contribution in [0, 0.1) is 10.1 Å². The maximum absolute atomic E-state index is 13.3. The van der Waals surface area contributed by atoms with Gasteiger partial charge in [0.05, 0.1) is 4.92 Å². The molecule has 0 aromatic heterocycles. The first-order valence-electron chi connectivity index (χ1n) is 6.15. The van der Waals surface area contributed by atoms with Crippen LogP contribution < -0.4 is 5.32 Å². The number of hydrogen-bond acceptors (Lipinski definition) is 4. The molecule has 1 N–H and O–H groups in total. The molecule has 1 aliphatic heterocycles. The number of nitro benzene ring substituents is 1. The van der Waals surface area contributed by atoms with Crippen molar-refractivity contribution in [3.8, 4) is 0 Å². The van der Waals surface area contributed by atoms with E-state index >= 15 is 0 Å². The van der Waals surface area contributed by atoms with Gasteiger partial charge in [-0.3, -0.25) is 15.0 Å². The highest BCUT2D eigenvalue weighted by Gasteiger charge is 2.45. The van der Waals surface area contributed by atoms with Crippen molar-refractivity contribution in [1.29, 1.82) is 0 Å². The Bertz CT molecular complexity index is 497. The summed E-state index contributed by atoms with van der Waals surface area (Å²) in [4.78, 5) is 11.3. The summed E-state index contributed by atoms with van der Waals surface area (Å²) in [5.41, 5.74) is -0.416. The Morgan fingerprint density at radius 2 is 1.82 bits per heavy atom. The third-order valence-electron chi connectivity index (χ3n) is 3.22. The molecule has 0 spiro atoms. The molecule has 0 amide bonds. The quantitative estimate of drug-likeness (QED) is 0.664. The van der Waals surface area contributed by atoms with Crippen molar-refractivity contribution in [1.82, 2.24) is 10.2 Å². The second-order valence-corrected chi connectivity index (χ2v) is 4.58. The van der Waals surface area contributed by atoms with Crippen molar-refractivity contribution in [3.63, 3.8) is 0 Å². The van der Waals surface area contributed by atoms with E-state index in [4.69, 9.17) is 0 Å². The zero-order chi connectivity index (χ0) is 14.8. The minimum Gasteiger partial charge on any atom is -0.314 e. The van der Waals surface area contributed by atoms with E-state index in [1.165, 1.54) is 23.1 Å². The standard InChI is InChI=1S/C12H14F3N3O2.2ClH/c13-12(14,15)11(17-6-4-16-5-7-17)9-2-1-3-10(8-9)18(19)20;;/h1-3,8,11,16H,4-7H2;2*1H/t11-;;/m0../s1. The van der Waals surface area contributed by atoms with Gasteiger partial charge in [-0.15, -0.1) is 24.8 Å². The van der Waals surface area contributed by atoms with Crippen molar-refractivity contribution < 1.29 is 18.1 Å². The normalized spacial score (nSPS) is 17.0. The molecule has 126 valence electrons. The van der Waals surface area contributed by atoms with E-state index in [1.807, 2.05) is 0 Å². The first-order valence-corrected chi connectivity index (χ1v) is 6.15. The number of piperazine rings is 1. The molecule has 1 fully saturated rings. The highest BCUT2D eigenvalue weighted by atomic mass is 35.5. The fraction of sp³-hybridized carbons (Fsp3) is 0.500. The average molecular weight is 362 g/mol.